The Bertz CT molecular complexity index is 1120. The zero-order valence-electron chi connectivity index (χ0n) is 17.3. The van der Waals surface area contributed by atoms with Crippen molar-refractivity contribution >= 4 is 51.7 Å². The van der Waals surface area contributed by atoms with Gasteiger partial charge in [0, 0.05) is 23.7 Å². The number of nitrogens with zero attached hydrogens (tertiary/aromatic N) is 2. The van der Waals surface area contributed by atoms with E-state index in [4.69, 9.17) is 16.6 Å². The monoisotopic (exact) mass is 463 g/mol. The third kappa shape index (κ3) is 5.78. The number of halogens is 1. The van der Waals surface area contributed by atoms with E-state index in [-0.39, 0.29) is 18.2 Å². The Kier molecular flexibility index (Phi) is 7.24. The van der Waals surface area contributed by atoms with Crippen LogP contribution in [0.15, 0.2) is 89.9 Å². The summed E-state index contributed by atoms with van der Waals surface area (Å²) in [5, 5.41) is 3.36. The van der Waals surface area contributed by atoms with Crippen LogP contribution in [-0.2, 0) is 16.0 Å². The van der Waals surface area contributed by atoms with Crippen LogP contribution in [0.2, 0.25) is 5.02 Å². The van der Waals surface area contributed by atoms with Gasteiger partial charge in [-0.2, -0.15) is 0 Å². The van der Waals surface area contributed by atoms with Crippen LogP contribution in [0.25, 0.3) is 0 Å². The van der Waals surface area contributed by atoms with Gasteiger partial charge in [0.25, 0.3) is 0 Å². The molecule has 0 aromatic heterocycles. The Morgan fingerprint density at radius 3 is 2.47 bits per heavy atom. The normalized spacial score (nSPS) is 17.4. The third-order valence-electron chi connectivity index (χ3n) is 4.97. The molecule has 1 heterocycles. The topological polar surface area (TPSA) is 61.8 Å². The predicted molar refractivity (Wildman–Crippen MR) is 131 cm³/mol. The molecule has 3 aromatic rings. The van der Waals surface area contributed by atoms with Crippen molar-refractivity contribution in [1.29, 1.82) is 0 Å². The van der Waals surface area contributed by atoms with Crippen LogP contribution in [0.4, 0.5) is 11.4 Å². The van der Waals surface area contributed by atoms with Crippen molar-refractivity contribution in [2.75, 3.05) is 11.9 Å². The van der Waals surface area contributed by atoms with Gasteiger partial charge in [0.2, 0.25) is 11.8 Å². The van der Waals surface area contributed by atoms with Gasteiger partial charge in [-0.25, -0.2) is 4.99 Å². The summed E-state index contributed by atoms with van der Waals surface area (Å²) in [6, 6.07) is 26.4. The summed E-state index contributed by atoms with van der Waals surface area (Å²) in [6.45, 7) is 0.504. The molecular formula is C25H22ClN3O2S. The zero-order chi connectivity index (χ0) is 22.3. The number of hydrogen-bond acceptors (Lipinski definition) is 4. The lowest BCUT2D eigenvalue weighted by Gasteiger charge is -2.32. The maximum atomic E-state index is 13.1. The molecule has 32 heavy (non-hydrogen) atoms. The molecule has 0 bridgehead atoms. The van der Waals surface area contributed by atoms with Crippen LogP contribution >= 0.6 is 23.4 Å². The fourth-order valence-corrected chi connectivity index (χ4v) is 4.66. The average molecular weight is 464 g/mol. The molecule has 7 heteroatoms. The van der Waals surface area contributed by atoms with Gasteiger partial charge in [0.15, 0.2) is 5.17 Å². The first-order chi connectivity index (χ1) is 15.6. The lowest BCUT2D eigenvalue weighted by Crippen LogP contribution is -2.46. The Hall–Kier alpha value is -3.09. The molecule has 2 amide bonds. The maximum Gasteiger partial charge on any atom is 0.238 e. The van der Waals surface area contributed by atoms with Gasteiger partial charge in [0.05, 0.1) is 5.69 Å². The average Bonchev–Trinajstić information content (AvgIpc) is 2.80. The van der Waals surface area contributed by atoms with E-state index in [1.54, 1.807) is 29.2 Å². The third-order valence-corrected chi connectivity index (χ3v) is 6.39. The highest BCUT2D eigenvalue weighted by atomic mass is 35.5. The van der Waals surface area contributed by atoms with Crippen LogP contribution in [0.1, 0.15) is 12.0 Å². The predicted octanol–water partition coefficient (Wildman–Crippen LogP) is 5.54. The van der Waals surface area contributed by atoms with E-state index in [2.05, 4.69) is 5.32 Å². The fourth-order valence-electron chi connectivity index (χ4n) is 3.35. The summed E-state index contributed by atoms with van der Waals surface area (Å²) in [5.74, 6) is -0.352. The molecule has 1 atom stereocenters. The molecule has 1 unspecified atom stereocenters. The highest BCUT2D eigenvalue weighted by molar-refractivity contribution is 8.15. The number of anilines is 1. The van der Waals surface area contributed by atoms with Gasteiger partial charge in [0.1, 0.15) is 5.25 Å². The van der Waals surface area contributed by atoms with Crippen LogP contribution in [0.3, 0.4) is 0 Å². The molecule has 0 saturated carbocycles. The van der Waals surface area contributed by atoms with Crippen molar-refractivity contribution < 1.29 is 9.59 Å². The Morgan fingerprint density at radius 1 is 1.03 bits per heavy atom. The highest BCUT2D eigenvalue weighted by Crippen LogP contribution is 2.30. The van der Waals surface area contributed by atoms with Crippen LogP contribution in [0.5, 0.6) is 0 Å². The van der Waals surface area contributed by atoms with Gasteiger partial charge in [-0.15, -0.1) is 0 Å². The van der Waals surface area contributed by atoms with Crippen molar-refractivity contribution in [3.63, 3.8) is 0 Å². The second-order valence-electron chi connectivity index (χ2n) is 7.32. The number of benzene rings is 3. The molecule has 1 fully saturated rings. The molecule has 0 spiro atoms. The molecule has 1 aliphatic rings. The fraction of sp³-hybridized carbons (Fsp3) is 0.160. The molecule has 1 aliphatic heterocycles. The second kappa shape index (κ2) is 10.5. The Labute approximate surface area is 196 Å². The molecule has 1 saturated heterocycles. The van der Waals surface area contributed by atoms with Crippen molar-refractivity contribution in [3.05, 3.63) is 95.5 Å². The minimum absolute atomic E-state index is 0.111. The van der Waals surface area contributed by atoms with E-state index in [1.165, 1.54) is 11.8 Å². The summed E-state index contributed by atoms with van der Waals surface area (Å²) < 4.78 is 0. The smallest absolute Gasteiger partial charge is 0.238 e. The number of rotatable bonds is 6. The largest absolute Gasteiger partial charge is 0.325 e. The van der Waals surface area contributed by atoms with Crippen LogP contribution < -0.4 is 5.32 Å². The molecule has 162 valence electrons. The lowest BCUT2D eigenvalue weighted by molar-refractivity contribution is -0.129. The number of thioether (sulfide) groups is 1. The summed E-state index contributed by atoms with van der Waals surface area (Å²) in [4.78, 5) is 32.4. The number of amidine groups is 1. The molecule has 0 aliphatic carbocycles. The zero-order valence-corrected chi connectivity index (χ0v) is 18.9. The number of para-hydroxylation sites is 1. The molecule has 1 N–H and O–H groups in total. The van der Waals surface area contributed by atoms with Crippen molar-refractivity contribution in [1.82, 2.24) is 4.90 Å². The van der Waals surface area contributed by atoms with E-state index < -0.39 is 5.25 Å². The number of aliphatic imine (C=N–C) groups is 1. The molecule has 4 rings (SSSR count). The second-order valence-corrected chi connectivity index (χ2v) is 8.93. The lowest BCUT2D eigenvalue weighted by atomic mass is 10.1. The number of nitrogens with one attached hydrogen (secondary N) is 1. The first-order valence-electron chi connectivity index (χ1n) is 10.3. The molecular weight excluding hydrogens is 442 g/mol. The standard InChI is InChI=1S/C25H22ClN3O2S/c26-19-10-7-13-21(16-19)27-24(31)22-17-23(30)29(15-14-18-8-3-1-4-9-18)25(32-22)28-20-11-5-2-6-12-20/h1-13,16,22H,14-15,17H2,(H,27,31). The van der Waals surface area contributed by atoms with Gasteiger partial charge in [-0.3, -0.25) is 14.5 Å². The van der Waals surface area contributed by atoms with Crippen molar-refractivity contribution in [2.24, 2.45) is 4.99 Å². The van der Waals surface area contributed by atoms with E-state index in [1.807, 2.05) is 60.7 Å². The first-order valence-corrected chi connectivity index (χ1v) is 11.6. The van der Waals surface area contributed by atoms with Gasteiger partial charge >= 0.3 is 0 Å². The van der Waals surface area contributed by atoms with Crippen molar-refractivity contribution in [3.8, 4) is 0 Å². The maximum absolute atomic E-state index is 13.1. The summed E-state index contributed by atoms with van der Waals surface area (Å²) >= 11 is 7.33. The number of amides is 2. The quantitative estimate of drug-likeness (QED) is 0.521. The summed E-state index contributed by atoms with van der Waals surface area (Å²) in [7, 11) is 0. The van der Waals surface area contributed by atoms with Gasteiger partial charge < -0.3 is 5.32 Å². The van der Waals surface area contributed by atoms with E-state index in [9.17, 15) is 9.59 Å². The van der Waals surface area contributed by atoms with Gasteiger partial charge in [-0.1, -0.05) is 78.0 Å². The van der Waals surface area contributed by atoms with E-state index >= 15 is 0 Å². The van der Waals surface area contributed by atoms with E-state index in [0.717, 1.165) is 11.3 Å². The number of carbonyl (C=O) groups excluding carboxylic acids is 2. The SMILES string of the molecule is O=C(Nc1cccc(Cl)c1)C1CC(=O)N(CCc2ccccc2)C(=Nc2ccccc2)S1. The summed E-state index contributed by atoms with van der Waals surface area (Å²) in [6.07, 6.45) is 0.819. The number of carbonyl (C=O) groups is 2. The molecule has 3 aromatic carbocycles. The van der Waals surface area contributed by atoms with Crippen LogP contribution in [-0.4, -0.2) is 33.7 Å². The van der Waals surface area contributed by atoms with Gasteiger partial charge in [-0.05, 0) is 42.3 Å². The molecule has 5 nitrogen and oxygen atoms in total. The minimum atomic E-state index is -0.572. The molecule has 0 radical (unpaired) electrons. The van der Waals surface area contributed by atoms with Crippen LogP contribution in [0, 0.1) is 0 Å². The Balaban J connectivity index is 1.54. The summed E-state index contributed by atoms with van der Waals surface area (Å²) in [5.41, 5.74) is 2.48. The van der Waals surface area contributed by atoms with Crippen molar-refractivity contribution in [2.45, 2.75) is 18.1 Å². The Morgan fingerprint density at radius 2 is 1.75 bits per heavy atom. The first kappa shape index (κ1) is 22.1. The van der Waals surface area contributed by atoms with E-state index in [0.29, 0.717) is 28.8 Å². The minimum Gasteiger partial charge on any atom is -0.325 e. The highest BCUT2D eigenvalue weighted by Gasteiger charge is 2.35. The number of hydrogen-bond donors (Lipinski definition) is 1.